The van der Waals surface area contributed by atoms with Gasteiger partial charge in [-0.05, 0) is 30.2 Å². The molecule has 0 aromatic heterocycles. The Morgan fingerprint density at radius 1 is 1.23 bits per heavy atom. The average molecular weight is 352 g/mol. The van der Waals surface area contributed by atoms with Gasteiger partial charge in [-0.15, -0.1) is 0 Å². The van der Waals surface area contributed by atoms with Crippen molar-refractivity contribution < 1.29 is 14.8 Å². The molecule has 0 radical (unpaired) electrons. The molecule has 0 heterocycles. The van der Waals surface area contributed by atoms with Crippen LogP contribution >= 0.6 is 0 Å². The van der Waals surface area contributed by atoms with E-state index < -0.39 is 10.8 Å². The molecule has 0 spiro atoms. The summed E-state index contributed by atoms with van der Waals surface area (Å²) in [7, 11) is 0. The molecule has 26 heavy (non-hydrogen) atoms. The van der Waals surface area contributed by atoms with Crippen LogP contribution in [0.25, 0.3) is 0 Å². The number of hydrogen-bond acceptors (Lipinski definition) is 6. The van der Waals surface area contributed by atoms with E-state index in [1.807, 2.05) is 0 Å². The number of carbonyl (C=O) groups is 1. The molecular formula is C18H16N4O4. The van der Waals surface area contributed by atoms with Crippen molar-refractivity contribution >= 4 is 17.3 Å². The van der Waals surface area contributed by atoms with Crippen molar-refractivity contribution in [3.63, 3.8) is 0 Å². The highest BCUT2D eigenvalue weighted by molar-refractivity contribution is 5.97. The number of rotatable bonds is 7. The molecule has 0 bridgehead atoms. The number of phenols is 1. The number of nitro groups is 1. The van der Waals surface area contributed by atoms with E-state index in [4.69, 9.17) is 5.26 Å². The number of nitro benzene ring substituents is 1. The second-order valence-corrected chi connectivity index (χ2v) is 5.26. The smallest absolute Gasteiger partial charge is 0.292 e. The van der Waals surface area contributed by atoms with Crippen LogP contribution in [0.4, 0.5) is 11.4 Å². The van der Waals surface area contributed by atoms with Crippen LogP contribution in [-0.2, 0) is 11.2 Å². The topological polar surface area (TPSA) is 128 Å². The number of hydrogen-bond donors (Lipinski definition) is 3. The molecule has 8 nitrogen and oxygen atoms in total. The van der Waals surface area contributed by atoms with E-state index in [1.54, 1.807) is 36.4 Å². The van der Waals surface area contributed by atoms with Crippen LogP contribution in [0, 0.1) is 21.4 Å². The largest absolute Gasteiger partial charge is 0.508 e. The number of benzene rings is 2. The van der Waals surface area contributed by atoms with Crippen LogP contribution in [0.15, 0.2) is 60.3 Å². The molecule has 0 atom stereocenters. The zero-order valence-corrected chi connectivity index (χ0v) is 13.7. The second-order valence-electron chi connectivity index (χ2n) is 5.26. The first-order chi connectivity index (χ1) is 12.5. The fourth-order valence-corrected chi connectivity index (χ4v) is 2.13. The lowest BCUT2D eigenvalue weighted by Crippen LogP contribution is -2.27. The van der Waals surface area contributed by atoms with Crippen molar-refractivity contribution in [3.8, 4) is 11.8 Å². The van der Waals surface area contributed by atoms with Gasteiger partial charge in [0.05, 0.1) is 4.92 Å². The van der Waals surface area contributed by atoms with Crippen molar-refractivity contribution in [2.75, 3.05) is 11.9 Å². The van der Waals surface area contributed by atoms with Crippen molar-refractivity contribution in [2.24, 2.45) is 0 Å². The van der Waals surface area contributed by atoms with Crippen LogP contribution in [0.5, 0.6) is 5.75 Å². The van der Waals surface area contributed by atoms with E-state index in [2.05, 4.69) is 10.6 Å². The van der Waals surface area contributed by atoms with Crippen molar-refractivity contribution in [3.05, 3.63) is 76.0 Å². The van der Waals surface area contributed by atoms with Crippen LogP contribution in [0.2, 0.25) is 0 Å². The van der Waals surface area contributed by atoms with Gasteiger partial charge in [-0.3, -0.25) is 14.9 Å². The molecule has 0 unspecified atom stereocenters. The molecule has 8 heteroatoms. The van der Waals surface area contributed by atoms with Gasteiger partial charge in [-0.1, -0.05) is 24.3 Å². The fourth-order valence-electron chi connectivity index (χ4n) is 2.13. The number of aromatic hydroxyl groups is 1. The van der Waals surface area contributed by atoms with Crippen LogP contribution in [-0.4, -0.2) is 22.5 Å². The third-order valence-electron chi connectivity index (χ3n) is 3.47. The monoisotopic (exact) mass is 352 g/mol. The standard InChI is InChI=1S/C18H16N4O4/c19-11-14(12-21-16-3-1-2-4-17(16)22(25)26)18(24)20-10-9-13-5-7-15(23)8-6-13/h1-8,12,21,23H,9-10H2,(H,20,24)/b14-12-. The van der Waals surface area contributed by atoms with Crippen molar-refractivity contribution in [1.29, 1.82) is 5.26 Å². The van der Waals surface area contributed by atoms with Gasteiger partial charge in [-0.2, -0.15) is 5.26 Å². The highest BCUT2D eigenvalue weighted by Gasteiger charge is 2.13. The number of nitrogens with zero attached hydrogens (tertiary/aromatic N) is 2. The Morgan fingerprint density at radius 3 is 2.58 bits per heavy atom. The lowest BCUT2D eigenvalue weighted by atomic mass is 10.1. The lowest BCUT2D eigenvalue weighted by molar-refractivity contribution is -0.383. The molecule has 132 valence electrons. The first kappa shape index (κ1) is 18.5. The van der Waals surface area contributed by atoms with Gasteiger partial charge in [0.25, 0.3) is 11.6 Å². The molecular weight excluding hydrogens is 336 g/mol. The summed E-state index contributed by atoms with van der Waals surface area (Å²) in [6, 6.07) is 14.3. The normalized spacial score (nSPS) is 10.7. The van der Waals surface area contributed by atoms with E-state index in [1.165, 1.54) is 18.2 Å². The van der Waals surface area contributed by atoms with Gasteiger partial charge in [0.1, 0.15) is 23.1 Å². The number of carbonyl (C=O) groups excluding carboxylic acids is 1. The highest BCUT2D eigenvalue weighted by Crippen LogP contribution is 2.23. The minimum absolute atomic E-state index is 0.159. The number of anilines is 1. The second kappa shape index (κ2) is 8.84. The molecule has 1 amide bonds. The third kappa shape index (κ3) is 5.07. The molecule has 0 aliphatic rings. The fraction of sp³-hybridized carbons (Fsp3) is 0.111. The maximum absolute atomic E-state index is 12.0. The lowest BCUT2D eigenvalue weighted by Gasteiger charge is -2.06. The summed E-state index contributed by atoms with van der Waals surface area (Å²) in [5.74, 6) is -0.425. The first-order valence-corrected chi connectivity index (χ1v) is 7.67. The number of amides is 1. The summed E-state index contributed by atoms with van der Waals surface area (Å²) in [5, 5.41) is 34.5. The molecule has 2 rings (SSSR count). The Labute approximate surface area is 149 Å². The molecule has 0 aliphatic heterocycles. The SMILES string of the molecule is N#C/C(=C/Nc1ccccc1[N+](=O)[O-])C(=O)NCCc1ccc(O)cc1. The summed E-state index contributed by atoms with van der Waals surface area (Å²) < 4.78 is 0. The predicted molar refractivity (Wildman–Crippen MR) is 95.2 cm³/mol. The minimum atomic E-state index is -0.586. The van der Waals surface area contributed by atoms with Crippen LogP contribution in [0.3, 0.4) is 0 Å². The number of nitrogens with one attached hydrogen (secondary N) is 2. The van der Waals surface area contributed by atoms with Gasteiger partial charge in [0.15, 0.2) is 0 Å². The maximum atomic E-state index is 12.0. The van der Waals surface area contributed by atoms with Gasteiger partial charge in [0.2, 0.25) is 0 Å². The van der Waals surface area contributed by atoms with Crippen LogP contribution in [0.1, 0.15) is 5.56 Å². The van der Waals surface area contributed by atoms with Gasteiger partial charge < -0.3 is 15.7 Å². The van der Waals surface area contributed by atoms with Gasteiger partial charge in [-0.25, -0.2) is 0 Å². The molecule has 0 saturated carbocycles. The predicted octanol–water partition coefficient (Wildman–Crippen LogP) is 2.48. The van der Waals surface area contributed by atoms with E-state index in [-0.39, 0.29) is 22.7 Å². The summed E-state index contributed by atoms with van der Waals surface area (Å²) in [5.41, 5.74) is 0.744. The Bertz CT molecular complexity index is 870. The van der Waals surface area contributed by atoms with Gasteiger partial charge in [0, 0.05) is 18.8 Å². The highest BCUT2D eigenvalue weighted by atomic mass is 16.6. The number of phenolic OH excluding ortho intramolecular Hbond substituents is 1. The van der Waals surface area contributed by atoms with Crippen molar-refractivity contribution in [1.82, 2.24) is 5.32 Å². The Hall–Kier alpha value is -3.86. The summed E-state index contributed by atoms with van der Waals surface area (Å²) in [6.45, 7) is 0.300. The first-order valence-electron chi connectivity index (χ1n) is 7.67. The zero-order valence-electron chi connectivity index (χ0n) is 13.7. The Kier molecular flexibility index (Phi) is 6.28. The summed E-state index contributed by atoms with van der Waals surface area (Å²) >= 11 is 0. The Balaban J connectivity index is 1.96. The molecule has 2 aromatic rings. The molecule has 0 aliphatic carbocycles. The molecule has 3 N–H and O–H groups in total. The molecule has 2 aromatic carbocycles. The van der Waals surface area contributed by atoms with E-state index in [9.17, 15) is 20.0 Å². The van der Waals surface area contributed by atoms with Crippen molar-refractivity contribution in [2.45, 2.75) is 6.42 Å². The van der Waals surface area contributed by atoms with Gasteiger partial charge >= 0.3 is 0 Å². The molecule has 0 fully saturated rings. The number of nitriles is 1. The quantitative estimate of drug-likeness (QED) is 0.304. The third-order valence-corrected chi connectivity index (χ3v) is 3.47. The van der Waals surface area contributed by atoms with E-state index in [0.29, 0.717) is 13.0 Å². The Morgan fingerprint density at radius 2 is 1.92 bits per heavy atom. The minimum Gasteiger partial charge on any atom is -0.508 e. The average Bonchev–Trinajstić information content (AvgIpc) is 2.64. The zero-order chi connectivity index (χ0) is 18.9. The molecule has 0 saturated heterocycles. The summed E-state index contributed by atoms with van der Waals surface area (Å²) in [6.07, 6.45) is 1.67. The van der Waals surface area contributed by atoms with E-state index in [0.717, 1.165) is 11.8 Å². The van der Waals surface area contributed by atoms with E-state index >= 15 is 0 Å². The summed E-state index contributed by atoms with van der Waals surface area (Å²) in [4.78, 5) is 22.4. The maximum Gasteiger partial charge on any atom is 0.292 e. The number of para-hydroxylation sites is 2. The van der Waals surface area contributed by atoms with Crippen LogP contribution < -0.4 is 10.6 Å².